The van der Waals surface area contributed by atoms with Crippen LogP contribution in [0.2, 0.25) is 0 Å². The third kappa shape index (κ3) is 5.47. The number of furan rings is 1. The normalized spacial score (nSPS) is 11.8. The molecule has 12 aromatic rings. The summed E-state index contributed by atoms with van der Waals surface area (Å²) in [5.74, 6) is 1.87. The first-order chi connectivity index (χ1) is 28.7. The summed E-state index contributed by atoms with van der Waals surface area (Å²) in [6.07, 6.45) is 0. The molecule has 270 valence electrons. The molecule has 4 nitrogen and oxygen atoms in total. The van der Waals surface area contributed by atoms with Crippen LogP contribution in [0.15, 0.2) is 192 Å². The first-order valence-electron chi connectivity index (χ1n) is 19.4. The largest absolute Gasteiger partial charge is 0.456 e. The van der Waals surface area contributed by atoms with E-state index in [9.17, 15) is 0 Å². The molecule has 0 fully saturated rings. The summed E-state index contributed by atoms with van der Waals surface area (Å²) < 4.78 is 8.93. The number of nitrogens with zero attached hydrogens (tertiary/aromatic N) is 3. The van der Waals surface area contributed by atoms with Gasteiger partial charge in [0.15, 0.2) is 17.5 Å². The first-order valence-corrected chi connectivity index (χ1v) is 20.2. The highest BCUT2D eigenvalue weighted by atomic mass is 32.1. The zero-order valence-electron chi connectivity index (χ0n) is 31.1. The van der Waals surface area contributed by atoms with E-state index in [0.29, 0.717) is 17.5 Å². The summed E-state index contributed by atoms with van der Waals surface area (Å²) in [6.45, 7) is 0. The van der Waals surface area contributed by atoms with E-state index in [0.717, 1.165) is 77.0 Å². The lowest BCUT2D eigenvalue weighted by Gasteiger charge is -2.13. The maximum atomic E-state index is 6.38. The van der Waals surface area contributed by atoms with E-state index in [2.05, 4.69) is 176 Å². The highest BCUT2D eigenvalue weighted by Crippen LogP contribution is 2.40. The smallest absolute Gasteiger partial charge is 0.164 e. The maximum Gasteiger partial charge on any atom is 0.164 e. The topological polar surface area (TPSA) is 51.8 Å². The fourth-order valence-electron chi connectivity index (χ4n) is 8.40. The number of fused-ring (bicyclic) bond motifs is 8. The van der Waals surface area contributed by atoms with Crippen LogP contribution in [0.3, 0.4) is 0 Å². The van der Waals surface area contributed by atoms with Gasteiger partial charge in [0.1, 0.15) is 11.2 Å². The summed E-state index contributed by atoms with van der Waals surface area (Å²) in [5.41, 5.74) is 8.85. The van der Waals surface area contributed by atoms with Crippen LogP contribution < -0.4 is 0 Å². The van der Waals surface area contributed by atoms with E-state index in [1.54, 1.807) is 0 Å². The van der Waals surface area contributed by atoms with E-state index in [-0.39, 0.29) is 0 Å². The summed E-state index contributed by atoms with van der Waals surface area (Å²) in [6, 6.07) is 66.5. The van der Waals surface area contributed by atoms with Gasteiger partial charge in [-0.25, -0.2) is 15.0 Å². The first kappa shape index (κ1) is 32.7. The minimum atomic E-state index is 0.608. The Labute approximate surface area is 337 Å². The number of rotatable bonds is 5. The van der Waals surface area contributed by atoms with E-state index >= 15 is 0 Å². The predicted molar refractivity (Wildman–Crippen MR) is 242 cm³/mol. The van der Waals surface area contributed by atoms with Crippen LogP contribution in [0.4, 0.5) is 0 Å². The predicted octanol–water partition coefficient (Wildman–Crippen LogP) is 14.8. The Hall–Kier alpha value is -7.47. The number of hydrogen-bond acceptors (Lipinski definition) is 5. The van der Waals surface area contributed by atoms with Crippen molar-refractivity contribution in [3.63, 3.8) is 0 Å². The lowest BCUT2D eigenvalue weighted by atomic mass is 9.94. The Kier molecular flexibility index (Phi) is 7.37. The molecule has 0 saturated heterocycles. The maximum absolute atomic E-state index is 6.38. The number of para-hydroxylation sites is 1. The van der Waals surface area contributed by atoms with Crippen LogP contribution in [0.1, 0.15) is 0 Å². The quantitative estimate of drug-likeness (QED) is 0.175. The van der Waals surface area contributed by atoms with Crippen LogP contribution in [-0.4, -0.2) is 15.0 Å². The van der Waals surface area contributed by atoms with E-state index in [1.165, 1.54) is 25.6 Å². The minimum absolute atomic E-state index is 0.608. The number of hydrogen-bond donors (Lipinski definition) is 0. The molecule has 3 aromatic heterocycles. The SMILES string of the molecule is c1ccc2cc(-c3nc(-c4cc(-c5ccc6c(c5)oc5ccccc56)cc(-c5ccc6c(c5)sc5ccccc56)c4)nc(-c4cccc5ccccc45)n3)ccc2c1. The number of aromatic nitrogens is 3. The number of benzene rings is 9. The van der Waals surface area contributed by atoms with Crippen LogP contribution in [-0.2, 0) is 0 Å². The molecule has 0 radical (unpaired) electrons. The van der Waals surface area contributed by atoms with Gasteiger partial charge in [0.2, 0.25) is 0 Å². The molecule has 12 rings (SSSR count). The second-order valence-electron chi connectivity index (χ2n) is 14.8. The van der Waals surface area contributed by atoms with Gasteiger partial charge < -0.3 is 4.42 Å². The third-order valence-corrected chi connectivity index (χ3v) is 12.4. The molecule has 0 bridgehead atoms. The van der Waals surface area contributed by atoms with Gasteiger partial charge in [-0.05, 0) is 98.4 Å². The summed E-state index contributed by atoms with van der Waals surface area (Å²) in [5, 5.41) is 9.31. The van der Waals surface area contributed by atoms with Gasteiger partial charge in [-0.15, -0.1) is 11.3 Å². The van der Waals surface area contributed by atoms with Gasteiger partial charge in [-0.1, -0.05) is 133 Å². The van der Waals surface area contributed by atoms with Crippen molar-refractivity contribution < 1.29 is 4.42 Å². The van der Waals surface area contributed by atoms with Gasteiger partial charge in [-0.2, -0.15) is 0 Å². The molecular weight excluding hydrogens is 727 g/mol. The second kappa shape index (κ2) is 13.1. The van der Waals surface area contributed by atoms with Gasteiger partial charge >= 0.3 is 0 Å². The second-order valence-corrected chi connectivity index (χ2v) is 15.9. The van der Waals surface area contributed by atoms with Crippen molar-refractivity contribution in [3.05, 3.63) is 188 Å². The highest BCUT2D eigenvalue weighted by molar-refractivity contribution is 7.25. The van der Waals surface area contributed by atoms with Crippen LogP contribution >= 0.6 is 11.3 Å². The Bertz CT molecular complexity index is 3460. The van der Waals surface area contributed by atoms with Crippen molar-refractivity contribution in [1.29, 1.82) is 0 Å². The van der Waals surface area contributed by atoms with Crippen LogP contribution in [0, 0.1) is 0 Å². The molecule has 0 atom stereocenters. The Morgan fingerprint density at radius 3 is 1.76 bits per heavy atom. The molecule has 0 spiro atoms. The summed E-state index contributed by atoms with van der Waals surface area (Å²) in [7, 11) is 0. The average Bonchev–Trinajstić information content (AvgIpc) is 3.86. The van der Waals surface area contributed by atoms with Crippen molar-refractivity contribution in [2.45, 2.75) is 0 Å². The molecule has 9 aromatic carbocycles. The molecule has 58 heavy (non-hydrogen) atoms. The lowest BCUT2D eigenvalue weighted by molar-refractivity contribution is 0.669. The summed E-state index contributed by atoms with van der Waals surface area (Å²) in [4.78, 5) is 15.8. The summed E-state index contributed by atoms with van der Waals surface area (Å²) >= 11 is 1.83. The van der Waals surface area contributed by atoms with E-state index in [1.807, 2.05) is 23.5 Å². The Morgan fingerprint density at radius 1 is 0.310 bits per heavy atom. The fraction of sp³-hybridized carbons (Fsp3) is 0. The number of thiophene rings is 1. The lowest BCUT2D eigenvalue weighted by Crippen LogP contribution is -2.01. The molecule has 0 amide bonds. The zero-order chi connectivity index (χ0) is 38.2. The minimum Gasteiger partial charge on any atom is -0.456 e. The molecule has 0 unspecified atom stereocenters. The fourth-order valence-corrected chi connectivity index (χ4v) is 9.55. The van der Waals surface area contributed by atoms with Gasteiger partial charge in [0.05, 0.1) is 0 Å². The highest BCUT2D eigenvalue weighted by Gasteiger charge is 2.18. The standard InChI is InChI=1S/C53H31N3OS/c1-2-12-34-26-37(21-20-32(34)10-1)51-54-52(56-53(55-51)46-17-9-13-33-11-3-4-14-41(33)46)40-28-38(35-22-24-43-42-15-5-7-18-47(42)57-48(43)30-35)27-39(29-40)36-23-25-45-44-16-6-8-19-49(44)58-50(45)31-36/h1-31H. The van der Waals surface area contributed by atoms with Crippen molar-refractivity contribution in [2.75, 3.05) is 0 Å². The molecule has 5 heteroatoms. The zero-order valence-corrected chi connectivity index (χ0v) is 31.9. The average molecular weight is 758 g/mol. The van der Waals surface area contributed by atoms with Gasteiger partial charge in [0, 0.05) is 47.6 Å². The molecule has 0 aliphatic rings. The molecular formula is C53H31N3OS. The van der Waals surface area contributed by atoms with E-state index < -0.39 is 0 Å². The molecule has 0 aliphatic carbocycles. The van der Waals surface area contributed by atoms with Crippen molar-refractivity contribution in [1.82, 2.24) is 15.0 Å². The molecule has 3 heterocycles. The molecule has 0 saturated carbocycles. The van der Waals surface area contributed by atoms with Crippen molar-refractivity contribution in [3.8, 4) is 56.4 Å². The molecule has 0 aliphatic heterocycles. The van der Waals surface area contributed by atoms with E-state index in [4.69, 9.17) is 19.4 Å². The third-order valence-electron chi connectivity index (χ3n) is 11.3. The van der Waals surface area contributed by atoms with Crippen LogP contribution in [0.25, 0.3) is 120 Å². The van der Waals surface area contributed by atoms with Crippen molar-refractivity contribution >= 4 is 75.0 Å². The molecule has 0 N–H and O–H groups in total. The Balaban J connectivity index is 1.10. The van der Waals surface area contributed by atoms with Gasteiger partial charge in [-0.3, -0.25) is 0 Å². The van der Waals surface area contributed by atoms with Crippen molar-refractivity contribution in [2.24, 2.45) is 0 Å². The monoisotopic (exact) mass is 757 g/mol. The van der Waals surface area contributed by atoms with Gasteiger partial charge in [0.25, 0.3) is 0 Å². The van der Waals surface area contributed by atoms with Crippen LogP contribution in [0.5, 0.6) is 0 Å². The Morgan fingerprint density at radius 2 is 0.897 bits per heavy atom.